The molecule has 9 heteroatoms. The Hall–Kier alpha value is -2.00. The number of sulfonamides is 1. The topological polar surface area (TPSA) is 96.6 Å². The summed E-state index contributed by atoms with van der Waals surface area (Å²) in [5.41, 5.74) is 0.665. The van der Waals surface area contributed by atoms with E-state index in [0.29, 0.717) is 37.4 Å². The van der Waals surface area contributed by atoms with Gasteiger partial charge in [0.1, 0.15) is 10.4 Å². The maximum Gasteiger partial charge on any atom is 0.245 e. The molecule has 1 aromatic carbocycles. The van der Waals surface area contributed by atoms with Crippen LogP contribution in [0.5, 0.6) is 0 Å². The van der Waals surface area contributed by atoms with Crippen LogP contribution in [0.15, 0.2) is 27.7 Å². The van der Waals surface area contributed by atoms with Crippen LogP contribution in [0, 0.1) is 11.8 Å². The summed E-state index contributed by atoms with van der Waals surface area (Å²) in [6.07, 6.45) is 3.32. The molecule has 146 valence electrons. The lowest BCUT2D eigenvalue weighted by Crippen LogP contribution is -2.46. The fourth-order valence-corrected chi connectivity index (χ4v) is 5.73. The Morgan fingerprint density at radius 3 is 2.67 bits per heavy atom. The first kappa shape index (κ1) is 18.4. The molecule has 1 aromatic heterocycles. The van der Waals surface area contributed by atoms with Gasteiger partial charge < -0.3 is 4.90 Å². The largest absolute Gasteiger partial charge is 0.342 e. The number of fused-ring (bicyclic) bond motifs is 1. The van der Waals surface area contributed by atoms with E-state index in [4.69, 9.17) is 0 Å². The van der Waals surface area contributed by atoms with Gasteiger partial charge in [0.15, 0.2) is 5.52 Å². The van der Waals surface area contributed by atoms with Crippen LogP contribution in [0.2, 0.25) is 0 Å². The van der Waals surface area contributed by atoms with Gasteiger partial charge >= 0.3 is 0 Å². The van der Waals surface area contributed by atoms with Crippen LogP contribution < -0.4 is 0 Å². The van der Waals surface area contributed by atoms with Crippen molar-refractivity contribution in [3.8, 4) is 0 Å². The average molecular weight is 392 g/mol. The molecular weight excluding hydrogens is 368 g/mol. The third-order valence-electron chi connectivity index (χ3n) is 5.64. The minimum atomic E-state index is -3.70. The highest BCUT2D eigenvalue weighted by Crippen LogP contribution is 2.29. The van der Waals surface area contributed by atoms with Crippen molar-refractivity contribution in [2.75, 3.05) is 26.2 Å². The highest BCUT2D eigenvalue weighted by molar-refractivity contribution is 7.89. The van der Waals surface area contributed by atoms with Crippen LogP contribution in [0.1, 0.15) is 32.6 Å². The van der Waals surface area contributed by atoms with Crippen molar-refractivity contribution >= 4 is 27.0 Å². The number of benzene rings is 1. The van der Waals surface area contributed by atoms with Gasteiger partial charge in [-0.3, -0.25) is 4.79 Å². The molecule has 0 radical (unpaired) electrons. The number of hydrogen-bond acceptors (Lipinski definition) is 6. The van der Waals surface area contributed by atoms with Gasteiger partial charge in [-0.15, -0.1) is 0 Å². The Labute approximate surface area is 158 Å². The zero-order chi connectivity index (χ0) is 19.0. The number of rotatable bonds is 3. The summed E-state index contributed by atoms with van der Waals surface area (Å²) < 4.78 is 32.2. The number of carbonyl (C=O) groups excluding carboxylic acids is 1. The van der Waals surface area contributed by atoms with Crippen LogP contribution in [-0.2, 0) is 14.8 Å². The highest BCUT2D eigenvalue weighted by Gasteiger charge is 2.35. The number of hydrogen-bond donors (Lipinski definition) is 0. The van der Waals surface area contributed by atoms with Crippen LogP contribution in [0.25, 0.3) is 11.0 Å². The molecule has 0 aliphatic carbocycles. The molecule has 3 heterocycles. The van der Waals surface area contributed by atoms with E-state index in [1.54, 1.807) is 12.1 Å². The number of piperidine rings is 2. The first-order chi connectivity index (χ1) is 13.0. The van der Waals surface area contributed by atoms with Crippen molar-refractivity contribution in [2.45, 2.75) is 37.5 Å². The number of carbonyl (C=O) groups is 1. The Bertz CT molecular complexity index is 934. The van der Waals surface area contributed by atoms with Crippen LogP contribution >= 0.6 is 0 Å². The molecule has 0 N–H and O–H groups in total. The number of aromatic nitrogens is 2. The third kappa shape index (κ3) is 3.45. The van der Waals surface area contributed by atoms with E-state index in [2.05, 4.69) is 21.9 Å². The van der Waals surface area contributed by atoms with Gasteiger partial charge in [0.2, 0.25) is 15.9 Å². The first-order valence-electron chi connectivity index (χ1n) is 9.47. The molecule has 2 saturated heterocycles. The predicted molar refractivity (Wildman–Crippen MR) is 98.3 cm³/mol. The van der Waals surface area contributed by atoms with Crippen molar-refractivity contribution < 1.29 is 17.8 Å². The maximum absolute atomic E-state index is 13.0. The van der Waals surface area contributed by atoms with Crippen LogP contribution in [-0.4, -0.2) is 60.0 Å². The summed E-state index contributed by atoms with van der Waals surface area (Å²) >= 11 is 0. The number of nitrogens with zero attached hydrogens (tertiary/aromatic N) is 4. The SMILES string of the molecule is C[C@H]1CCCN(C(=O)C2CCN(S(=O)(=O)c3cccc4nonc34)CC2)C1. The van der Waals surface area contributed by atoms with Gasteiger partial charge in [-0.2, -0.15) is 4.31 Å². The second kappa shape index (κ2) is 7.20. The second-order valence-electron chi connectivity index (χ2n) is 7.60. The molecule has 0 saturated carbocycles. The minimum absolute atomic E-state index is 0.0914. The monoisotopic (exact) mass is 392 g/mol. The van der Waals surface area contributed by atoms with Gasteiger partial charge in [-0.25, -0.2) is 13.0 Å². The summed E-state index contributed by atoms with van der Waals surface area (Å²) in [5.74, 6) is 0.632. The van der Waals surface area contributed by atoms with E-state index >= 15 is 0 Å². The molecule has 2 aliphatic heterocycles. The Balaban J connectivity index is 1.46. The van der Waals surface area contributed by atoms with Gasteiger partial charge in [0.25, 0.3) is 0 Å². The smallest absolute Gasteiger partial charge is 0.245 e. The fourth-order valence-electron chi connectivity index (χ4n) is 4.12. The predicted octanol–water partition coefficient (Wildman–Crippen LogP) is 1.88. The van der Waals surface area contributed by atoms with Gasteiger partial charge in [-0.05, 0) is 54.0 Å². The third-order valence-corrected chi connectivity index (χ3v) is 7.57. The van der Waals surface area contributed by atoms with Crippen molar-refractivity contribution in [1.29, 1.82) is 0 Å². The Kier molecular flexibility index (Phi) is 4.90. The summed E-state index contributed by atoms with van der Waals surface area (Å²) in [4.78, 5) is 14.9. The maximum atomic E-state index is 13.0. The summed E-state index contributed by atoms with van der Waals surface area (Å²) in [6, 6.07) is 4.82. The van der Waals surface area contributed by atoms with Crippen LogP contribution in [0.4, 0.5) is 0 Å². The van der Waals surface area contributed by atoms with Crippen molar-refractivity contribution in [2.24, 2.45) is 11.8 Å². The molecule has 1 atom stereocenters. The lowest BCUT2D eigenvalue weighted by molar-refractivity contribution is -0.138. The Morgan fingerprint density at radius 1 is 1.15 bits per heavy atom. The summed E-state index contributed by atoms with van der Waals surface area (Å²) in [6.45, 7) is 4.49. The molecule has 0 spiro atoms. The molecule has 0 unspecified atom stereocenters. The number of likely N-dealkylation sites (tertiary alicyclic amines) is 1. The molecular formula is C18H24N4O4S. The number of amides is 1. The van der Waals surface area contributed by atoms with E-state index in [-0.39, 0.29) is 22.2 Å². The van der Waals surface area contributed by atoms with Gasteiger partial charge in [0.05, 0.1) is 0 Å². The Morgan fingerprint density at radius 2 is 1.93 bits per heavy atom. The lowest BCUT2D eigenvalue weighted by Gasteiger charge is -2.36. The fraction of sp³-hybridized carbons (Fsp3) is 0.611. The molecule has 0 bridgehead atoms. The van der Waals surface area contributed by atoms with E-state index in [1.807, 2.05) is 4.90 Å². The first-order valence-corrected chi connectivity index (χ1v) is 10.9. The van der Waals surface area contributed by atoms with Gasteiger partial charge in [0, 0.05) is 32.1 Å². The lowest BCUT2D eigenvalue weighted by atomic mass is 9.93. The highest BCUT2D eigenvalue weighted by atomic mass is 32.2. The zero-order valence-corrected chi connectivity index (χ0v) is 16.2. The molecule has 27 heavy (non-hydrogen) atoms. The van der Waals surface area contributed by atoms with E-state index in [9.17, 15) is 13.2 Å². The second-order valence-corrected chi connectivity index (χ2v) is 9.50. The molecule has 2 aliphatic rings. The molecule has 8 nitrogen and oxygen atoms in total. The van der Waals surface area contributed by atoms with Crippen LogP contribution in [0.3, 0.4) is 0 Å². The summed E-state index contributed by atoms with van der Waals surface area (Å²) in [5, 5.41) is 7.45. The minimum Gasteiger partial charge on any atom is -0.342 e. The molecule has 2 fully saturated rings. The zero-order valence-electron chi connectivity index (χ0n) is 15.4. The molecule has 2 aromatic rings. The van der Waals surface area contributed by atoms with Gasteiger partial charge in [-0.1, -0.05) is 13.0 Å². The summed E-state index contributed by atoms with van der Waals surface area (Å²) in [7, 11) is -3.70. The van der Waals surface area contributed by atoms with E-state index < -0.39 is 10.0 Å². The molecule has 4 rings (SSSR count). The average Bonchev–Trinajstić information content (AvgIpc) is 3.16. The van der Waals surface area contributed by atoms with Crippen molar-refractivity contribution in [1.82, 2.24) is 19.5 Å². The quantitative estimate of drug-likeness (QED) is 0.791. The van der Waals surface area contributed by atoms with Crippen molar-refractivity contribution in [3.05, 3.63) is 18.2 Å². The molecule has 1 amide bonds. The normalized spacial score (nSPS) is 23.0. The standard InChI is InChI=1S/C18H24N4O4S/c1-13-4-3-9-21(12-13)18(23)14-7-10-22(11-8-14)27(24,25)16-6-2-5-15-17(16)20-26-19-15/h2,5-6,13-14H,3-4,7-12H2,1H3/t13-/m0/s1. The van der Waals surface area contributed by atoms with E-state index in [0.717, 1.165) is 19.5 Å². The van der Waals surface area contributed by atoms with Crippen molar-refractivity contribution in [3.63, 3.8) is 0 Å². The van der Waals surface area contributed by atoms with E-state index in [1.165, 1.54) is 16.8 Å².